The molecule has 27 heavy (non-hydrogen) atoms. The standard InChI is InChI=1S/C18H16BrN3O5/c1-18(13-5-3-4-6-14(13)19)16(23)21(17(24)20-18)10-11-9-12(22(25)26)7-8-15(11)27-2/h3-9H,10H2,1-2H3,(H,20,24). The van der Waals surface area contributed by atoms with Gasteiger partial charge < -0.3 is 10.1 Å². The molecule has 0 spiro atoms. The number of nitrogens with zero attached hydrogens (tertiary/aromatic N) is 2. The molecule has 3 rings (SSSR count). The largest absolute Gasteiger partial charge is 0.496 e. The minimum Gasteiger partial charge on any atom is -0.496 e. The molecule has 0 saturated carbocycles. The third kappa shape index (κ3) is 3.25. The van der Waals surface area contributed by atoms with Crippen molar-refractivity contribution in [2.75, 3.05) is 7.11 Å². The van der Waals surface area contributed by atoms with E-state index in [0.29, 0.717) is 21.3 Å². The Labute approximate surface area is 163 Å². The summed E-state index contributed by atoms with van der Waals surface area (Å²) in [5.41, 5.74) is -0.402. The van der Waals surface area contributed by atoms with Crippen LogP contribution in [0.15, 0.2) is 46.9 Å². The molecule has 1 aliphatic heterocycles. The number of ether oxygens (including phenoxy) is 1. The van der Waals surface area contributed by atoms with Crippen molar-refractivity contribution >= 4 is 33.6 Å². The SMILES string of the molecule is COc1ccc([N+](=O)[O-])cc1CN1C(=O)NC(C)(c2ccccc2Br)C1=O. The van der Waals surface area contributed by atoms with Gasteiger partial charge in [-0.1, -0.05) is 34.1 Å². The molecule has 0 radical (unpaired) electrons. The zero-order valence-electron chi connectivity index (χ0n) is 14.6. The van der Waals surface area contributed by atoms with E-state index in [0.717, 1.165) is 4.90 Å². The van der Waals surface area contributed by atoms with Crippen LogP contribution < -0.4 is 10.1 Å². The fraction of sp³-hybridized carbons (Fsp3) is 0.222. The molecular formula is C18H16BrN3O5. The lowest BCUT2D eigenvalue weighted by atomic mass is 9.92. The van der Waals surface area contributed by atoms with E-state index in [1.165, 1.54) is 25.3 Å². The van der Waals surface area contributed by atoms with Crippen LogP contribution in [-0.2, 0) is 16.9 Å². The highest BCUT2D eigenvalue weighted by Crippen LogP contribution is 2.35. The van der Waals surface area contributed by atoms with E-state index in [2.05, 4.69) is 21.2 Å². The monoisotopic (exact) mass is 433 g/mol. The van der Waals surface area contributed by atoms with Crippen molar-refractivity contribution < 1.29 is 19.2 Å². The molecule has 1 unspecified atom stereocenters. The molecule has 2 aromatic rings. The van der Waals surface area contributed by atoms with Crippen LogP contribution in [-0.4, -0.2) is 28.9 Å². The first-order valence-corrected chi connectivity index (χ1v) is 8.77. The Bertz CT molecular complexity index is 948. The van der Waals surface area contributed by atoms with Gasteiger partial charge in [0.2, 0.25) is 0 Å². The molecule has 9 heteroatoms. The highest BCUT2D eigenvalue weighted by Gasteiger charge is 2.49. The van der Waals surface area contributed by atoms with E-state index in [1.54, 1.807) is 25.1 Å². The Morgan fingerprint density at radius 1 is 1.26 bits per heavy atom. The lowest BCUT2D eigenvalue weighted by Gasteiger charge is -2.23. The summed E-state index contributed by atoms with van der Waals surface area (Å²) in [6.07, 6.45) is 0. The zero-order chi connectivity index (χ0) is 19.8. The van der Waals surface area contributed by atoms with Crippen LogP contribution in [0.1, 0.15) is 18.1 Å². The summed E-state index contributed by atoms with van der Waals surface area (Å²) >= 11 is 3.41. The van der Waals surface area contributed by atoms with E-state index in [9.17, 15) is 19.7 Å². The normalized spacial score (nSPS) is 19.1. The first-order valence-electron chi connectivity index (χ1n) is 7.98. The number of urea groups is 1. The number of imide groups is 1. The highest BCUT2D eigenvalue weighted by molar-refractivity contribution is 9.10. The lowest BCUT2D eigenvalue weighted by Crippen LogP contribution is -2.41. The van der Waals surface area contributed by atoms with Crippen molar-refractivity contribution in [3.05, 3.63) is 68.2 Å². The van der Waals surface area contributed by atoms with Gasteiger partial charge in [0.25, 0.3) is 11.6 Å². The summed E-state index contributed by atoms with van der Waals surface area (Å²) in [5.74, 6) is -0.0938. The molecule has 1 saturated heterocycles. The topological polar surface area (TPSA) is 102 Å². The molecule has 140 valence electrons. The molecule has 3 amide bonds. The summed E-state index contributed by atoms with van der Waals surface area (Å²) in [6, 6.07) is 10.6. The van der Waals surface area contributed by atoms with E-state index < -0.39 is 22.4 Å². The van der Waals surface area contributed by atoms with Crippen molar-refractivity contribution in [3.8, 4) is 5.75 Å². The van der Waals surface area contributed by atoms with Gasteiger partial charge in [0, 0.05) is 27.7 Å². The fourth-order valence-corrected chi connectivity index (χ4v) is 3.74. The van der Waals surface area contributed by atoms with Gasteiger partial charge in [0.1, 0.15) is 11.3 Å². The minimum atomic E-state index is -1.24. The predicted molar refractivity (Wildman–Crippen MR) is 100 cm³/mol. The lowest BCUT2D eigenvalue weighted by molar-refractivity contribution is -0.384. The number of benzene rings is 2. The quantitative estimate of drug-likeness (QED) is 0.442. The third-order valence-electron chi connectivity index (χ3n) is 4.49. The maximum Gasteiger partial charge on any atom is 0.325 e. The average molecular weight is 434 g/mol. The zero-order valence-corrected chi connectivity index (χ0v) is 16.1. The average Bonchev–Trinajstić information content (AvgIpc) is 2.85. The molecule has 1 aliphatic rings. The molecule has 1 atom stereocenters. The molecule has 0 aliphatic carbocycles. The molecule has 8 nitrogen and oxygen atoms in total. The van der Waals surface area contributed by atoms with Gasteiger partial charge in [-0.25, -0.2) is 4.79 Å². The van der Waals surface area contributed by atoms with Gasteiger partial charge in [-0.15, -0.1) is 0 Å². The van der Waals surface area contributed by atoms with Crippen LogP contribution in [0.5, 0.6) is 5.75 Å². The number of hydrogen-bond acceptors (Lipinski definition) is 5. The van der Waals surface area contributed by atoms with Gasteiger partial charge in [0.15, 0.2) is 0 Å². The molecule has 1 N–H and O–H groups in total. The van der Waals surface area contributed by atoms with Gasteiger partial charge in [-0.05, 0) is 19.1 Å². The Balaban J connectivity index is 1.97. The Morgan fingerprint density at radius 2 is 1.96 bits per heavy atom. The second kappa shape index (κ2) is 6.99. The van der Waals surface area contributed by atoms with E-state index in [-0.39, 0.29) is 12.2 Å². The maximum atomic E-state index is 13.1. The Morgan fingerprint density at radius 3 is 2.59 bits per heavy atom. The van der Waals surface area contributed by atoms with E-state index in [4.69, 9.17) is 4.74 Å². The minimum absolute atomic E-state index is 0.143. The van der Waals surface area contributed by atoms with Crippen LogP contribution in [0.4, 0.5) is 10.5 Å². The van der Waals surface area contributed by atoms with Crippen LogP contribution in [0.25, 0.3) is 0 Å². The number of methoxy groups -OCH3 is 1. The van der Waals surface area contributed by atoms with Crippen molar-refractivity contribution in [1.82, 2.24) is 10.2 Å². The van der Waals surface area contributed by atoms with Gasteiger partial charge in [-0.2, -0.15) is 0 Å². The van der Waals surface area contributed by atoms with Crippen LogP contribution in [0.2, 0.25) is 0 Å². The van der Waals surface area contributed by atoms with Crippen molar-refractivity contribution in [2.24, 2.45) is 0 Å². The number of hydrogen-bond donors (Lipinski definition) is 1. The predicted octanol–water partition coefficient (Wildman–Crippen LogP) is 3.33. The summed E-state index contributed by atoms with van der Waals surface area (Å²) in [7, 11) is 1.42. The number of rotatable bonds is 5. The molecular weight excluding hydrogens is 418 g/mol. The maximum absolute atomic E-state index is 13.1. The number of carbonyl (C=O) groups is 2. The number of nitrogens with one attached hydrogen (secondary N) is 1. The summed E-state index contributed by atoms with van der Waals surface area (Å²) < 4.78 is 5.91. The Hall–Kier alpha value is -2.94. The van der Waals surface area contributed by atoms with E-state index in [1.807, 2.05) is 6.07 Å². The van der Waals surface area contributed by atoms with Crippen molar-refractivity contribution in [2.45, 2.75) is 19.0 Å². The second-order valence-corrected chi connectivity index (χ2v) is 7.03. The number of nitro groups is 1. The third-order valence-corrected chi connectivity index (χ3v) is 5.18. The van der Waals surface area contributed by atoms with Crippen LogP contribution >= 0.6 is 15.9 Å². The van der Waals surface area contributed by atoms with Crippen molar-refractivity contribution in [3.63, 3.8) is 0 Å². The summed E-state index contributed by atoms with van der Waals surface area (Å²) in [5, 5.41) is 13.8. The summed E-state index contributed by atoms with van der Waals surface area (Å²) in [6.45, 7) is 1.48. The highest BCUT2D eigenvalue weighted by atomic mass is 79.9. The fourth-order valence-electron chi connectivity index (χ4n) is 3.06. The molecule has 1 heterocycles. The molecule has 0 bridgehead atoms. The van der Waals surface area contributed by atoms with Crippen LogP contribution in [0.3, 0.4) is 0 Å². The second-order valence-electron chi connectivity index (χ2n) is 6.18. The number of amides is 3. The smallest absolute Gasteiger partial charge is 0.325 e. The number of non-ortho nitro benzene ring substituents is 1. The van der Waals surface area contributed by atoms with Gasteiger partial charge in [0.05, 0.1) is 18.6 Å². The first kappa shape index (κ1) is 18.8. The number of nitro benzene ring substituents is 1. The molecule has 2 aromatic carbocycles. The van der Waals surface area contributed by atoms with Gasteiger partial charge >= 0.3 is 6.03 Å². The first-order chi connectivity index (χ1) is 12.8. The van der Waals surface area contributed by atoms with E-state index >= 15 is 0 Å². The van der Waals surface area contributed by atoms with Crippen molar-refractivity contribution in [1.29, 1.82) is 0 Å². The molecule has 1 fully saturated rings. The number of halogens is 1. The molecule has 0 aromatic heterocycles. The summed E-state index contributed by atoms with van der Waals surface area (Å²) in [4.78, 5) is 37.1. The van der Waals surface area contributed by atoms with Crippen LogP contribution in [0, 0.1) is 10.1 Å². The van der Waals surface area contributed by atoms with Gasteiger partial charge in [-0.3, -0.25) is 19.8 Å². The number of carbonyl (C=O) groups excluding carboxylic acids is 2. The Kier molecular flexibility index (Phi) is 4.88.